The molecule has 1 aliphatic heterocycles. The van der Waals surface area contributed by atoms with E-state index >= 15 is 0 Å². The predicted octanol–water partition coefficient (Wildman–Crippen LogP) is 3.67. The van der Waals surface area contributed by atoms with Crippen LogP contribution in [0.4, 0.5) is 0 Å². The zero-order valence-corrected chi connectivity index (χ0v) is 20.1. The molecule has 9 heteroatoms. The van der Waals surface area contributed by atoms with Crippen molar-refractivity contribution in [2.75, 3.05) is 13.1 Å². The summed E-state index contributed by atoms with van der Waals surface area (Å²) in [4.78, 5) is 11.6. The zero-order chi connectivity index (χ0) is 24.6. The molecule has 0 spiro atoms. The second-order valence-electron chi connectivity index (χ2n) is 8.75. The molecule has 1 fully saturated rings. The quantitative estimate of drug-likeness (QED) is 0.399. The number of carbonyl (C=O) groups is 1. The van der Waals surface area contributed by atoms with Crippen LogP contribution in [0, 0.1) is 6.92 Å². The molecule has 2 heterocycles. The summed E-state index contributed by atoms with van der Waals surface area (Å²) in [5, 5.41) is 8.59. The van der Waals surface area contributed by atoms with Crippen molar-refractivity contribution >= 4 is 26.9 Å². The Hall–Kier alpha value is -3.69. The fourth-order valence-electron chi connectivity index (χ4n) is 4.46. The molecular weight excluding hydrogens is 464 g/mol. The van der Waals surface area contributed by atoms with Crippen LogP contribution in [-0.4, -0.2) is 37.2 Å². The minimum absolute atomic E-state index is 0.0777. The van der Waals surface area contributed by atoms with Crippen molar-refractivity contribution in [1.82, 2.24) is 15.1 Å². The molecule has 4 aromatic rings. The lowest BCUT2D eigenvalue weighted by molar-refractivity contribution is 0.0999. The standard InChI is InChI=1S/C26H26N4O4S/c1-17-8-13-21(15-23(17)25(27)31)35(32,33)34-26-22-6-2-3-7-24(22)29-30(26)20-11-9-18(10-12-20)19-5-4-14-28-16-19/h2-3,6-13,15,19,28H,4-5,14,16H2,1H3,(H2,27,31)/t19-/m1/s1. The molecule has 35 heavy (non-hydrogen) atoms. The molecule has 3 aromatic carbocycles. The Morgan fingerprint density at radius 3 is 2.60 bits per heavy atom. The molecule has 0 bridgehead atoms. The Morgan fingerprint density at radius 1 is 1.11 bits per heavy atom. The lowest BCUT2D eigenvalue weighted by atomic mass is 9.92. The minimum atomic E-state index is -4.28. The van der Waals surface area contributed by atoms with Gasteiger partial charge in [-0.05, 0) is 79.8 Å². The third-order valence-electron chi connectivity index (χ3n) is 6.39. The van der Waals surface area contributed by atoms with E-state index in [4.69, 9.17) is 9.92 Å². The maximum atomic E-state index is 13.3. The zero-order valence-electron chi connectivity index (χ0n) is 19.3. The van der Waals surface area contributed by atoms with Gasteiger partial charge in [-0.25, -0.2) is 0 Å². The van der Waals surface area contributed by atoms with Crippen LogP contribution in [0.3, 0.4) is 0 Å². The number of hydrogen-bond acceptors (Lipinski definition) is 6. The normalized spacial score (nSPS) is 16.3. The van der Waals surface area contributed by atoms with Gasteiger partial charge in [0.15, 0.2) is 0 Å². The Bertz CT molecular complexity index is 1500. The maximum absolute atomic E-state index is 13.3. The number of primary amides is 1. The Morgan fingerprint density at radius 2 is 1.89 bits per heavy atom. The number of nitrogens with one attached hydrogen (secondary N) is 1. The highest BCUT2D eigenvalue weighted by Gasteiger charge is 2.25. The number of benzene rings is 3. The summed E-state index contributed by atoms with van der Waals surface area (Å²) in [6, 6.07) is 19.3. The van der Waals surface area contributed by atoms with E-state index in [9.17, 15) is 13.2 Å². The topological polar surface area (TPSA) is 116 Å². The van der Waals surface area contributed by atoms with Crippen molar-refractivity contribution in [2.24, 2.45) is 5.73 Å². The summed E-state index contributed by atoms with van der Waals surface area (Å²) in [5.74, 6) is -0.177. The molecule has 3 N–H and O–H groups in total. The van der Waals surface area contributed by atoms with Crippen LogP contribution >= 0.6 is 0 Å². The lowest BCUT2D eigenvalue weighted by Gasteiger charge is -2.23. The van der Waals surface area contributed by atoms with Gasteiger partial charge in [-0.2, -0.15) is 18.2 Å². The van der Waals surface area contributed by atoms with Gasteiger partial charge in [0.05, 0.1) is 16.6 Å². The second-order valence-corrected chi connectivity index (χ2v) is 10.3. The third kappa shape index (κ3) is 4.52. The van der Waals surface area contributed by atoms with Crippen molar-refractivity contribution in [3.05, 3.63) is 83.4 Å². The Labute approximate surface area is 203 Å². The average Bonchev–Trinajstić information content (AvgIpc) is 3.22. The number of fused-ring (bicyclic) bond motifs is 1. The van der Waals surface area contributed by atoms with Crippen molar-refractivity contribution in [3.63, 3.8) is 0 Å². The number of nitrogens with two attached hydrogens (primary N) is 1. The van der Waals surface area contributed by atoms with Gasteiger partial charge in [-0.3, -0.25) is 4.79 Å². The number of carbonyl (C=O) groups excluding carboxylic acids is 1. The van der Waals surface area contributed by atoms with Crippen molar-refractivity contribution in [2.45, 2.75) is 30.6 Å². The fourth-order valence-corrected chi connectivity index (χ4v) is 5.42. The molecule has 0 saturated carbocycles. The van der Waals surface area contributed by atoms with Gasteiger partial charge in [0.25, 0.3) is 0 Å². The lowest BCUT2D eigenvalue weighted by Crippen LogP contribution is -2.28. The van der Waals surface area contributed by atoms with Gasteiger partial charge in [-0.1, -0.05) is 30.3 Å². The fraction of sp³-hybridized carbons (Fsp3) is 0.231. The molecule has 0 aliphatic carbocycles. The van der Waals surface area contributed by atoms with Crippen LogP contribution in [0.15, 0.2) is 71.6 Å². The second kappa shape index (κ2) is 9.16. The van der Waals surface area contributed by atoms with Crippen LogP contribution < -0.4 is 15.2 Å². The van der Waals surface area contributed by atoms with E-state index in [0.717, 1.165) is 25.9 Å². The van der Waals surface area contributed by atoms with Gasteiger partial charge < -0.3 is 15.2 Å². The summed E-state index contributed by atoms with van der Waals surface area (Å²) in [6.45, 7) is 3.68. The summed E-state index contributed by atoms with van der Waals surface area (Å²) < 4.78 is 33.7. The van der Waals surface area contributed by atoms with E-state index in [-0.39, 0.29) is 16.3 Å². The van der Waals surface area contributed by atoms with Crippen LogP contribution in [0.2, 0.25) is 0 Å². The maximum Gasteiger partial charge on any atom is 0.340 e. The number of rotatable bonds is 6. The summed E-state index contributed by atoms with van der Waals surface area (Å²) in [5.41, 5.74) is 8.63. The number of amides is 1. The van der Waals surface area contributed by atoms with Crippen molar-refractivity contribution in [3.8, 4) is 11.6 Å². The number of nitrogens with zero attached hydrogens (tertiary/aromatic N) is 2. The van der Waals surface area contributed by atoms with E-state index in [1.165, 1.54) is 28.4 Å². The van der Waals surface area contributed by atoms with Gasteiger partial charge in [-0.15, -0.1) is 0 Å². The van der Waals surface area contributed by atoms with E-state index in [1.807, 2.05) is 18.2 Å². The van der Waals surface area contributed by atoms with Crippen LogP contribution in [-0.2, 0) is 10.1 Å². The largest absolute Gasteiger partial charge is 0.366 e. The van der Waals surface area contributed by atoms with E-state index in [0.29, 0.717) is 28.1 Å². The van der Waals surface area contributed by atoms with E-state index in [2.05, 4.69) is 22.5 Å². The molecule has 1 saturated heterocycles. The highest BCUT2D eigenvalue weighted by atomic mass is 32.2. The van der Waals surface area contributed by atoms with Gasteiger partial charge in [0.2, 0.25) is 11.8 Å². The molecule has 5 rings (SSSR count). The Balaban J connectivity index is 1.55. The first-order valence-corrected chi connectivity index (χ1v) is 12.9. The number of aryl methyl sites for hydroxylation is 1. The Kier molecular flexibility index (Phi) is 6.04. The first-order chi connectivity index (χ1) is 16.8. The highest BCUT2D eigenvalue weighted by molar-refractivity contribution is 7.87. The monoisotopic (exact) mass is 490 g/mol. The molecule has 1 amide bonds. The highest BCUT2D eigenvalue weighted by Crippen LogP contribution is 2.32. The molecule has 0 unspecified atom stereocenters. The van der Waals surface area contributed by atoms with Gasteiger partial charge in [0.1, 0.15) is 4.90 Å². The first kappa shape index (κ1) is 23.1. The van der Waals surface area contributed by atoms with Crippen LogP contribution in [0.25, 0.3) is 16.6 Å². The minimum Gasteiger partial charge on any atom is -0.366 e. The molecule has 8 nitrogen and oxygen atoms in total. The first-order valence-electron chi connectivity index (χ1n) is 11.5. The van der Waals surface area contributed by atoms with Crippen molar-refractivity contribution in [1.29, 1.82) is 0 Å². The summed E-state index contributed by atoms with van der Waals surface area (Å²) >= 11 is 0. The van der Waals surface area contributed by atoms with E-state index in [1.54, 1.807) is 25.1 Å². The predicted molar refractivity (Wildman–Crippen MR) is 133 cm³/mol. The van der Waals surface area contributed by atoms with Gasteiger partial charge in [0, 0.05) is 12.1 Å². The molecular formula is C26H26N4O4S. The smallest absolute Gasteiger partial charge is 0.340 e. The molecule has 1 aromatic heterocycles. The molecule has 0 radical (unpaired) electrons. The van der Waals surface area contributed by atoms with Crippen molar-refractivity contribution < 1.29 is 17.4 Å². The third-order valence-corrected chi connectivity index (χ3v) is 7.60. The number of piperidine rings is 1. The average molecular weight is 491 g/mol. The van der Waals surface area contributed by atoms with Crippen LogP contribution in [0.5, 0.6) is 5.88 Å². The SMILES string of the molecule is Cc1ccc(S(=O)(=O)Oc2c3ccccc3nn2-c2ccc([C@@H]3CCCNC3)cc2)cc1C(N)=O. The summed E-state index contributed by atoms with van der Waals surface area (Å²) in [7, 11) is -4.28. The summed E-state index contributed by atoms with van der Waals surface area (Å²) in [6.07, 6.45) is 2.28. The van der Waals surface area contributed by atoms with Crippen LogP contribution in [0.1, 0.15) is 40.2 Å². The number of aromatic nitrogens is 2. The molecule has 180 valence electrons. The number of hydrogen-bond donors (Lipinski definition) is 2. The molecule has 1 atom stereocenters. The van der Waals surface area contributed by atoms with E-state index < -0.39 is 16.0 Å². The molecule has 1 aliphatic rings. The van der Waals surface area contributed by atoms with Gasteiger partial charge >= 0.3 is 10.1 Å².